The largest absolute Gasteiger partial charge is 0.495 e. The highest BCUT2D eigenvalue weighted by atomic mass is 35.5. The SMILES string of the molecule is COc1ccc(S(=O)(=O)NC2CC2)cc1NC(=O)C1(c2cccc(Cl)c2)CC1. The number of amides is 1. The number of rotatable bonds is 7. The Bertz CT molecular complexity index is 1030. The summed E-state index contributed by atoms with van der Waals surface area (Å²) in [5, 5.41) is 3.44. The van der Waals surface area contributed by atoms with E-state index in [1.807, 2.05) is 12.1 Å². The molecule has 2 N–H and O–H groups in total. The van der Waals surface area contributed by atoms with Crippen LogP contribution in [0.1, 0.15) is 31.2 Å². The lowest BCUT2D eigenvalue weighted by atomic mass is 9.95. The van der Waals surface area contributed by atoms with Crippen LogP contribution >= 0.6 is 11.6 Å². The van der Waals surface area contributed by atoms with Gasteiger partial charge in [-0.05, 0) is 61.6 Å². The van der Waals surface area contributed by atoms with Crippen LogP contribution in [0, 0.1) is 0 Å². The number of hydrogen-bond donors (Lipinski definition) is 2. The first-order chi connectivity index (χ1) is 13.3. The van der Waals surface area contributed by atoms with E-state index < -0.39 is 15.4 Å². The van der Waals surface area contributed by atoms with E-state index in [-0.39, 0.29) is 16.8 Å². The summed E-state index contributed by atoms with van der Waals surface area (Å²) in [5.41, 5.74) is 0.548. The fourth-order valence-electron chi connectivity index (χ4n) is 3.24. The maximum atomic E-state index is 13.1. The highest BCUT2D eigenvalue weighted by Gasteiger charge is 2.51. The zero-order valence-corrected chi connectivity index (χ0v) is 16.9. The molecule has 0 heterocycles. The summed E-state index contributed by atoms with van der Waals surface area (Å²) in [5.74, 6) is 0.207. The van der Waals surface area contributed by atoms with E-state index in [9.17, 15) is 13.2 Å². The summed E-state index contributed by atoms with van der Waals surface area (Å²) in [4.78, 5) is 13.2. The second-order valence-electron chi connectivity index (χ2n) is 7.30. The average Bonchev–Trinajstić information content (AvgIpc) is 3.56. The van der Waals surface area contributed by atoms with Gasteiger partial charge in [-0.2, -0.15) is 0 Å². The Hall–Kier alpha value is -2.09. The molecule has 4 rings (SSSR count). The standard InChI is InChI=1S/C20H21ClN2O4S/c1-27-18-8-7-16(28(25,26)23-15-5-6-15)12-17(18)22-19(24)20(9-10-20)13-3-2-4-14(21)11-13/h2-4,7-8,11-12,15,23H,5-6,9-10H2,1H3,(H,22,24). The topological polar surface area (TPSA) is 84.5 Å². The number of nitrogens with one attached hydrogen (secondary N) is 2. The van der Waals surface area contributed by atoms with Crippen LogP contribution in [-0.4, -0.2) is 27.5 Å². The van der Waals surface area contributed by atoms with Gasteiger partial charge in [0.05, 0.1) is 23.1 Å². The molecule has 0 radical (unpaired) electrons. The monoisotopic (exact) mass is 420 g/mol. The number of ether oxygens (including phenoxy) is 1. The zero-order valence-electron chi connectivity index (χ0n) is 15.4. The lowest BCUT2D eigenvalue weighted by Crippen LogP contribution is -2.28. The molecular weight excluding hydrogens is 400 g/mol. The first-order valence-electron chi connectivity index (χ1n) is 9.12. The van der Waals surface area contributed by atoms with Crippen molar-refractivity contribution in [3.8, 4) is 5.75 Å². The van der Waals surface area contributed by atoms with E-state index in [1.54, 1.807) is 18.2 Å². The summed E-state index contributed by atoms with van der Waals surface area (Å²) in [6.45, 7) is 0. The fraction of sp³-hybridized carbons (Fsp3) is 0.350. The molecule has 0 atom stereocenters. The minimum Gasteiger partial charge on any atom is -0.495 e. The molecule has 2 saturated carbocycles. The first kappa shape index (κ1) is 19.2. The molecule has 2 aromatic carbocycles. The molecule has 2 aromatic rings. The third-order valence-electron chi connectivity index (χ3n) is 5.19. The van der Waals surface area contributed by atoms with Gasteiger partial charge < -0.3 is 10.1 Å². The van der Waals surface area contributed by atoms with Crippen molar-refractivity contribution in [2.24, 2.45) is 0 Å². The molecule has 148 valence electrons. The Balaban J connectivity index is 1.61. The second kappa shape index (κ2) is 7.06. The molecule has 0 unspecified atom stereocenters. The molecule has 0 saturated heterocycles. The van der Waals surface area contributed by atoms with Gasteiger partial charge in [0.25, 0.3) is 0 Å². The molecule has 0 aliphatic heterocycles. The van der Waals surface area contributed by atoms with E-state index in [2.05, 4.69) is 10.0 Å². The van der Waals surface area contributed by atoms with Crippen LogP contribution in [0.5, 0.6) is 5.75 Å². The maximum absolute atomic E-state index is 13.1. The lowest BCUT2D eigenvalue weighted by molar-refractivity contribution is -0.118. The van der Waals surface area contributed by atoms with Gasteiger partial charge in [0.15, 0.2) is 0 Å². The summed E-state index contributed by atoms with van der Waals surface area (Å²) in [7, 11) is -2.15. The van der Waals surface area contributed by atoms with Crippen LogP contribution in [0.4, 0.5) is 5.69 Å². The van der Waals surface area contributed by atoms with Crippen molar-refractivity contribution >= 4 is 33.2 Å². The number of benzene rings is 2. The highest BCUT2D eigenvalue weighted by molar-refractivity contribution is 7.89. The van der Waals surface area contributed by atoms with Crippen LogP contribution in [0.15, 0.2) is 47.4 Å². The Labute approximate surface area is 169 Å². The smallest absolute Gasteiger partial charge is 0.240 e. The summed E-state index contributed by atoms with van der Waals surface area (Å²) in [6.07, 6.45) is 3.12. The quantitative estimate of drug-likeness (QED) is 0.718. The highest BCUT2D eigenvalue weighted by Crippen LogP contribution is 2.49. The molecule has 0 bridgehead atoms. The predicted octanol–water partition coefficient (Wildman–Crippen LogP) is 3.46. The Kier molecular flexibility index (Phi) is 4.85. The molecular formula is C20H21ClN2O4S. The molecule has 6 nitrogen and oxygen atoms in total. The lowest BCUT2D eigenvalue weighted by Gasteiger charge is -2.18. The second-order valence-corrected chi connectivity index (χ2v) is 9.45. The van der Waals surface area contributed by atoms with Crippen LogP contribution in [-0.2, 0) is 20.2 Å². The van der Waals surface area contributed by atoms with Gasteiger partial charge in [0, 0.05) is 11.1 Å². The van der Waals surface area contributed by atoms with Gasteiger partial charge in [-0.1, -0.05) is 23.7 Å². The van der Waals surface area contributed by atoms with Crippen LogP contribution in [0.2, 0.25) is 5.02 Å². The number of halogens is 1. The Morgan fingerprint density at radius 1 is 1.18 bits per heavy atom. The maximum Gasteiger partial charge on any atom is 0.240 e. The van der Waals surface area contributed by atoms with Crippen LogP contribution < -0.4 is 14.8 Å². The van der Waals surface area contributed by atoms with Crippen LogP contribution in [0.3, 0.4) is 0 Å². The Morgan fingerprint density at radius 2 is 1.93 bits per heavy atom. The van der Waals surface area contributed by atoms with Gasteiger partial charge in [-0.15, -0.1) is 0 Å². The summed E-state index contributed by atoms with van der Waals surface area (Å²) >= 11 is 6.08. The van der Waals surface area contributed by atoms with Crippen molar-refractivity contribution in [2.75, 3.05) is 12.4 Å². The molecule has 8 heteroatoms. The number of carbonyl (C=O) groups excluding carboxylic acids is 1. The van der Waals surface area contributed by atoms with E-state index in [4.69, 9.17) is 16.3 Å². The van der Waals surface area contributed by atoms with Crippen molar-refractivity contribution in [2.45, 2.75) is 42.0 Å². The van der Waals surface area contributed by atoms with Gasteiger partial charge >= 0.3 is 0 Å². The first-order valence-corrected chi connectivity index (χ1v) is 11.0. The molecule has 2 aliphatic carbocycles. The Morgan fingerprint density at radius 3 is 2.54 bits per heavy atom. The molecule has 28 heavy (non-hydrogen) atoms. The van der Waals surface area contributed by atoms with Crippen molar-refractivity contribution < 1.29 is 17.9 Å². The summed E-state index contributed by atoms with van der Waals surface area (Å²) in [6, 6.07) is 11.7. The van der Waals surface area contributed by atoms with Crippen molar-refractivity contribution in [3.05, 3.63) is 53.1 Å². The fourth-order valence-corrected chi connectivity index (χ4v) is 4.76. The van der Waals surface area contributed by atoms with Crippen LogP contribution in [0.25, 0.3) is 0 Å². The molecule has 0 spiro atoms. The number of hydrogen-bond acceptors (Lipinski definition) is 4. The number of anilines is 1. The molecule has 1 amide bonds. The third-order valence-corrected chi connectivity index (χ3v) is 6.94. The normalized spacial score (nSPS) is 17.8. The molecule has 0 aromatic heterocycles. The minimum atomic E-state index is -3.63. The zero-order chi connectivity index (χ0) is 19.9. The van der Waals surface area contributed by atoms with Gasteiger partial charge in [0.1, 0.15) is 5.75 Å². The van der Waals surface area contributed by atoms with E-state index in [0.29, 0.717) is 29.3 Å². The van der Waals surface area contributed by atoms with E-state index in [1.165, 1.54) is 19.2 Å². The van der Waals surface area contributed by atoms with Crippen molar-refractivity contribution in [1.82, 2.24) is 4.72 Å². The summed E-state index contributed by atoms with van der Waals surface area (Å²) < 4.78 is 33.0. The minimum absolute atomic E-state index is 0.00250. The van der Waals surface area contributed by atoms with Gasteiger partial charge in [0.2, 0.25) is 15.9 Å². The van der Waals surface area contributed by atoms with Crippen molar-refractivity contribution in [3.63, 3.8) is 0 Å². The molecule has 2 aliphatic rings. The van der Waals surface area contributed by atoms with E-state index >= 15 is 0 Å². The van der Waals surface area contributed by atoms with Gasteiger partial charge in [-0.25, -0.2) is 13.1 Å². The van der Waals surface area contributed by atoms with Crippen molar-refractivity contribution in [1.29, 1.82) is 0 Å². The average molecular weight is 421 g/mol. The number of carbonyl (C=O) groups is 1. The number of methoxy groups -OCH3 is 1. The number of sulfonamides is 1. The van der Waals surface area contributed by atoms with E-state index in [0.717, 1.165) is 18.4 Å². The van der Waals surface area contributed by atoms with Gasteiger partial charge in [-0.3, -0.25) is 4.79 Å². The third kappa shape index (κ3) is 3.74. The molecule has 2 fully saturated rings. The predicted molar refractivity (Wildman–Crippen MR) is 107 cm³/mol.